The van der Waals surface area contributed by atoms with Gasteiger partial charge in [0.1, 0.15) is 10.7 Å². The highest BCUT2D eigenvalue weighted by atomic mass is 32.1. The molecule has 0 amide bonds. The molecule has 0 saturated carbocycles. The van der Waals surface area contributed by atoms with Crippen molar-refractivity contribution in [3.05, 3.63) is 60.6 Å². The molecule has 0 radical (unpaired) electrons. The Labute approximate surface area is 121 Å². The molecule has 2 N–H and O–H groups in total. The highest BCUT2D eigenvalue weighted by molar-refractivity contribution is 7.80. The molecule has 0 bridgehead atoms. The number of hydrogen-bond donors (Lipinski definition) is 1. The SMILES string of the molecule is NC(=S)c1nccnc1Oc1ccc2ccccc2c1. The van der Waals surface area contributed by atoms with E-state index in [1.807, 2.05) is 42.5 Å². The number of nitrogens with two attached hydrogens (primary N) is 1. The van der Waals surface area contributed by atoms with E-state index < -0.39 is 0 Å². The van der Waals surface area contributed by atoms with Crippen LogP contribution in [0.4, 0.5) is 0 Å². The standard InChI is InChI=1S/C15H11N3OS/c16-14(20)13-15(18-8-7-17-13)19-12-6-5-10-3-1-2-4-11(10)9-12/h1-9H,(H2,16,20). The van der Waals surface area contributed by atoms with Gasteiger partial charge in [0.25, 0.3) is 0 Å². The first kappa shape index (κ1) is 12.5. The van der Waals surface area contributed by atoms with Gasteiger partial charge in [-0.1, -0.05) is 42.5 Å². The Balaban J connectivity index is 1.99. The van der Waals surface area contributed by atoms with Crippen LogP contribution in [0, 0.1) is 0 Å². The molecule has 0 aliphatic heterocycles. The topological polar surface area (TPSA) is 61.0 Å². The van der Waals surface area contributed by atoms with Gasteiger partial charge in [0.05, 0.1) is 0 Å². The number of rotatable bonds is 3. The molecule has 4 nitrogen and oxygen atoms in total. The normalized spacial score (nSPS) is 10.4. The summed E-state index contributed by atoms with van der Waals surface area (Å²) in [7, 11) is 0. The van der Waals surface area contributed by atoms with Gasteiger partial charge in [-0.25, -0.2) is 9.97 Å². The number of benzene rings is 2. The fraction of sp³-hybridized carbons (Fsp3) is 0. The average Bonchev–Trinajstić information content (AvgIpc) is 2.47. The van der Waals surface area contributed by atoms with Crippen molar-refractivity contribution in [1.29, 1.82) is 0 Å². The summed E-state index contributed by atoms with van der Waals surface area (Å²) in [5, 5.41) is 2.24. The lowest BCUT2D eigenvalue weighted by Crippen LogP contribution is -2.13. The summed E-state index contributed by atoms with van der Waals surface area (Å²) < 4.78 is 5.74. The van der Waals surface area contributed by atoms with Gasteiger partial charge in [-0.3, -0.25) is 0 Å². The molecule has 0 spiro atoms. The summed E-state index contributed by atoms with van der Waals surface area (Å²) in [6, 6.07) is 13.8. The molecule has 5 heteroatoms. The molecule has 0 aliphatic carbocycles. The minimum absolute atomic E-state index is 0.161. The number of fused-ring (bicyclic) bond motifs is 1. The zero-order chi connectivity index (χ0) is 13.9. The third-order valence-electron chi connectivity index (χ3n) is 2.83. The molecule has 2 aromatic carbocycles. The van der Waals surface area contributed by atoms with Gasteiger partial charge < -0.3 is 10.5 Å². The lowest BCUT2D eigenvalue weighted by Gasteiger charge is -2.08. The van der Waals surface area contributed by atoms with E-state index in [4.69, 9.17) is 22.7 Å². The van der Waals surface area contributed by atoms with Gasteiger partial charge in [0.2, 0.25) is 5.88 Å². The highest BCUT2D eigenvalue weighted by Crippen LogP contribution is 2.25. The number of aromatic nitrogens is 2. The van der Waals surface area contributed by atoms with Gasteiger partial charge in [-0.2, -0.15) is 0 Å². The molecule has 98 valence electrons. The quantitative estimate of drug-likeness (QED) is 0.748. The fourth-order valence-corrected chi connectivity index (χ4v) is 2.05. The maximum Gasteiger partial charge on any atom is 0.248 e. The van der Waals surface area contributed by atoms with Crippen molar-refractivity contribution < 1.29 is 4.74 Å². The van der Waals surface area contributed by atoms with Crippen molar-refractivity contribution >= 4 is 28.0 Å². The van der Waals surface area contributed by atoms with Gasteiger partial charge >= 0.3 is 0 Å². The molecule has 3 aromatic rings. The first-order valence-corrected chi connectivity index (χ1v) is 6.42. The summed E-state index contributed by atoms with van der Waals surface area (Å²) in [6.07, 6.45) is 3.07. The molecular weight excluding hydrogens is 270 g/mol. The van der Waals surface area contributed by atoms with Crippen LogP contribution in [0.5, 0.6) is 11.6 Å². The molecule has 0 fully saturated rings. The third kappa shape index (κ3) is 2.44. The van der Waals surface area contributed by atoms with Gasteiger partial charge in [0.15, 0.2) is 5.69 Å². The van der Waals surface area contributed by atoms with Crippen molar-refractivity contribution in [3.63, 3.8) is 0 Å². The fourth-order valence-electron chi connectivity index (χ4n) is 1.91. The molecular formula is C15H11N3OS. The third-order valence-corrected chi connectivity index (χ3v) is 3.03. The van der Waals surface area contributed by atoms with Crippen molar-refractivity contribution in [3.8, 4) is 11.6 Å². The zero-order valence-corrected chi connectivity index (χ0v) is 11.3. The Hall–Kier alpha value is -2.53. The van der Waals surface area contributed by atoms with E-state index in [2.05, 4.69) is 9.97 Å². The molecule has 0 unspecified atom stereocenters. The van der Waals surface area contributed by atoms with E-state index >= 15 is 0 Å². The summed E-state index contributed by atoms with van der Waals surface area (Å²) >= 11 is 4.94. The molecule has 0 atom stereocenters. The monoisotopic (exact) mass is 281 g/mol. The second-order valence-electron chi connectivity index (χ2n) is 4.19. The van der Waals surface area contributed by atoms with Gasteiger partial charge in [-0.05, 0) is 22.9 Å². The Kier molecular flexibility index (Phi) is 3.26. The van der Waals surface area contributed by atoms with Crippen molar-refractivity contribution in [1.82, 2.24) is 9.97 Å². The van der Waals surface area contributed by atoms with Crippen molar-refractivity contribution in [2.24, 2.45) is 5.73 Å². The Morgan fingerprint density at radius 1 is 1.00 bits per heavy atom. The summed E-state index contributed by atoms with van der Waals surface area (Å²) in [5.74, 6) is 0.983. The second-order valence-corrected chi connectivity index (χ2v) is 4.63. The second kappa shape index (κ2) is 5.22. The first-order chi connectivity index (χ1) is 9.74. The van der Waals surface area contributed by atoms with Crippen LogP contribution in [0.2, 0.25) is 0 Å². The molecule has 1 heterocycles. The first-order valence-electron chi connectivity index (χ1n) is 6.01. The predicted molar refractivity (Wildman–Crippen MR) is 81.9 cm³/mol. The Bertz CT molecular complexity index is 789. The van der Waals surface area contributed by atoms with E-state index in [1.54, 1.807) is 0 Å². The van der Waals surface area contributed by atoms with Crippen molar-refractivity contribution in [2.75, 3.05) is 0 Å². The number of hydrogen-bond acceptors (Lipinski definition) is 4. The summed E-state index contributed by atoms with van der Waals surface area (Å²) in [4.78, 5) is 8.37. The molecule has 1 aromatic heterocycles. The van der Waals surface area contributed by atoms with Crippen LogP contribution in [0.25, 0.3) is 10.8 Å². The predicted octanol–water partition coefficient (Wildman–Crippen LogP) is 3.06. The van der Waals surface area contributed by atoms with Gasteiger partial charge in [-0.15, -0.1) is 0 Å². The molecule has 20 heavy (non-hydrogen) atoms. The molecule has 0 aliphatic rings. The molecule has 3 rings (SSSR count). The largest absolute Gasteiger partial charge is 0.437 e. The zero-order valence-electron chi connectivity index (χ0n) is 10.5. The Morgan fingerprint density at radius 2 is 1.75 bits per heavy atom. The average molecular weight is 281 g/mol. The number of nitrogens with zero attached hydrogens (tertiary/aromatic N) is 2. The smallest absolute Gasteiger partial charge is 0.248 e. The van der Waals surface area contributed by atoms with Crippen LogP contribution < -0.4 is 10.5 Å². The summed E-state index contributed by atoms with van der Waals surface area (Å²) in [5.41, 5.74) is 5.99. The van der Waals surface area contributed by atoms with E-state index in [0.29, 0.717) is 17.3 Å². The van der Waals surface area contributed by atoms with Crippen LogP contribution >= 0.6 is 12.2 Å². The van der Waals surface area contributed by atoms with Crippen molar-refractivity contribution in [2.45, 2.75) is 0 Å². The lowest BCUT2D eigenvalue weighted by molar-refractivity contribution is 0.459. The van der Waals surface area contributed by atoms with Crippen LogP contribution in [0.15, 0.2) is 54.9 Å². The van der Waals surface area contributed by atoms with E-state index in [9.17, 15) is 0 Å². The maximum atomic E-state index is 5.74. The number of thiocarbonyl (C=S) groups is 1. The minimum atomic E-state index is 0.161. The van der Waals surface area contributed by atoms with Gasteiger partial charge in [0, 0.05) is 12.4 Å². The van der Waals surface area contributed by atoms with E-state index in [0.717, 1.165) is 10.8 Å². The maximum absolute atomic E-state index is 5.74. The minimum Gasteiger partial charge on any atom is -0.437 e. The van der Waals surface area contributed by atoms with Crippen LogP contribution in [-0.4, -0.2) is 15.0 Å². The Morgan fingerprint density at radius 3 is 2.55 bits per heavy atom. The van der Waals surface area contributed by atoms with E-state index in [1.165, 1.54) is 12.4 Å². The number of ether oxygens (including phenoxy) is 1. The van der Waals surface area contributed by atoms with Crippen LogP contribution in [0.1, 0.15) is 5.69 Å². The molecule has 0 saturated heterocycles. The summed E-state index contributed by atoms with van der Waals surface area (Å²) in [6.45, 7) is 0. The lowest BCUT2D eigenvalue weighted by atomic mass is 10.1. The van der Waals surface area contributed by atoms with Crippen LogP contribution in [0.3, 0.4) is 0 Å². The highest BCUT2D eigenvalue weighted by Gasteiger charge is 2.10. The van der Waals surface area contributed by atoms with Crippen LogP contribution in [-0.2, 0) is 0 Å². The van der Waals surface area contributed by atoms with E-state index in [-0.39, 0.29) is 4.99 Å².